The minimum absolute atomic E-state index is 0.372. The Morgan fingerprint density at radius 2 is 1.60 bits per heavy atom. The lowest BCUT2D eigenvalue weighted by Gasteiger charge is -2.22. The number of thioether (sulfide) groups is 1. The number of nitrogens with one attached hydrogen (secondary N) is 1. The van der Waals surface area contributed by atoms with Crippen LogP contribution in [-0.4, -0.2) is 6.26 Å². The summed E-state index contributed by atoms with van der Waals surface area (Å²) in [5.41, 5.74) is 2.55. The first-order valence-electron chi connectivity index (χ1n) is 7.14. The predicted octanol–water partition coefficient (Wildman–Crippen LogP) is 5.61. The third-order valence-electron chi connectivity index (χ3n) is 3.34. The normalized spacial score (nSPS) is 12.4. The average molecular weight is 285 g/mol. The minimum atomic E-state index is 0.372. The Balaban J connectivity index is 2.14. The van der Waals surface area contributed by atoms with E-state index in [0.717, 1.165) is 6.42 Å². The Morgan fingerprint density at radius 1 is 0.950 bits per heavy atom. The largest absolute Gasteiger partial charge is 0.378 e. The molecule has 0 bridgehead atoms. The van der Waals surface area contributed by atoms with Gasteiger partial charge in [0, 0.05) is 10.6 Å². The van der Waals surface area contributed by atoms with Crippen molar-refractivity contribution < 1.29 is 0 Å². The van der Waals surface area contributed by atoms with Gasteiger partial charge in [0.1, 0.15) is 0 Å². The Labute approximate surface area is 126 Å². The van der Waals surface area contributed by atoms with Gasteiger partial charge in [-0.1, -0.05) is 44.2 Å². The van der Waals surface area contributed by atoms with Crippen LogP contribution in [0.4, 0.5) is 5.69 Å². The summed E-state index contributed by atoms with van der Waals surface area (Å²) in [6, 6.07) is 19.8. The number of rotatable bonds is 6. The van der Waals surface area contributed by atoms with Crippen molar-refractivity contribution in [1.29, 1.82) is 0 Å². The molecule has 2 aromatic carbocycles. The fourth-order valence-corrected chi connectivity index (χ4v) is 2.73. The van der Waals surface area contributed by atoms with Crippen molar-refractivity contribution in [3.8, 4) is 0 Å². The van der Waals surface area contributed by atoms with E-state index in [1.807, 2.05) is 0 Å². The van der Waals surface area contributed by atoms with Gasteiger partial charge >= 0.3 is 0 Å². The van der Waals surface area contributed by atoms with E-state index in [0.29, 0.717) is 12.0 Å². The van der Waals surface area contributed by atoms with Crippen molar-refractivity contribution in [3.63, 3.8) is 0 Å². The van der Waals surface area contributed by atoms with E-state index in [4.69, 9.17) is 0 Å². The summed E-state index contributed by atoms with van der Waals surface area (Å²) >= 11 is 1.78. The van der Waals surface area contributed by atoms with E-state index in [2.05, 4.69) is 80.0 Å². The van der Waals surface area contributed by atoms with Gasteiger partial charge in [0.05, 0.1) is 6.04 Å². The molecule has 0 heterocycles. The summed E-state index contributed by atoms with van der Waals surface area (Å²) in [5.74, 6) is 0.665. The molecule has 1 nitrogen and oxygen atoms in total. The van der Waals surface area contributed by atoms with Crippen molar-refractivity contribution in [2.24, 2.45) is 5.92 Å². The molecule has 0 spiro atoms. The maximum Gasteiger partial charge on any atom is 0.0516 e. The number of hydrogen-bond acceptors (Lipinski definition) is 2. The number of anilines is 1. The van der Waals surface area contributed by atoms with E-state index < -0.39 is 0 Å². The molecule has 106 valence electrons. The van der Waals surface area contributed by atoms with Crippen molar-refractivity contribution >= 4 is 17.4 Å². The van der Waals surface area contributed by atoms with Crippen LogP contribution in [0.3, 0.4) is 0 Å². The number of benzene rings is 2. The van der Waals surface area contributed by atoms with Crippen molar-refractivity contribution in [2.45, 2.75) is 31.2 Å². The highest BCUT2D eigenvalue weighted by molar-refractivity contribution is 7.98. The zero-order valence-electron chi connectivity index (χ0n) is 12.5. The van der Waals surface area contributed by atoms with Gasteiger partial charge in [-0.15, -0.1) is 11.8 Å². The third kappa shape index (κ3) is 4.31. The molecule has 1 atom stereocenters. The molecular weight excluding hydrogens is 262 g/mol. The van der Waals surface area contributed by atoms with Crippen LogP contribution >= 0.6 is 11.8 Å². The van der Waals surface area contributed by atoms with E-state index in [1.165, 1.54) is 16.1 Å². The molecule has 1 unspecified atom stereocenters. The monoisotopic (exact) mass is 285 g/mol. The molecule has 0 saturated heterocycles. The van der Waals surface area contributed by atoms with Gasteiger partial charge in [-0.25, -0.2) is 0 Å². The Bertz CT molecular complexity index is 505. The molecule has 2 heteroatoms. The standard InChI is InChI=1S/C18H23NS/c1-14(2)13-18(15-7-5-4-6-8-15)19-16-9-11-17(20-3)12-10-16/h4-12,14,18-19H,13H2,1-3H3. The van der Waals surface area contributed by atoms with E-state index in [-0.39, 0.29) is 0 Å². The highest BCUT2D eigenvalue weighted by Crippen LogP contribution is 2.27. The second-order valence-electron chi connectivity index (χ2n) is 5.47. The van der Waals surface area contributed by atoms with Gasteiger partial charge in [0.2, 0.25) is 0 Å². The Hall–Kier alpha value is -1.41. The van der Waals surface area contributed by atoms with Crippen LogP contribution in [0.5, 0.6) is 0 Å². The van der Waals surface area contributed by atoms with Gasteiger partial charge in [0.25, 0.3) is 0 Å². The van der Waals surface area contributed by atoms with Gasteiger partial charge in [-0.3, -0.25) is 0 Å². The lowest BCUT2D eigenvalue weighted by molar-refractivity contribution is 0.531. The molecule has 0 aliphatic carbocycles. The fourth-order valence-electron chi connectivity index (χ4n) is 2.32. The predicted molar refractivity (Wildman–Crippen MR) is 90.5 cm³/mol. The van der Waals surface area contributed by atoms with Crippen molar-refractivity contribution in [2.75, 3.05) is 11.6 Å². The van der Waals surface area contributed by atoms with Crippen LogP contribution in [0.2, 0.25) is 0 Å². The third-order valence-corrected chi connectivity index (χ3v) is 4.08. The molecule has 0 aliphatic heterocycles. The first-order chi connectivity index (χ1) is 9.69. The highest BCUT2D eigenvalue weighted by atomic mass is 32.2. The fraction of sp³-hybridized carbons (Fsp3) is 0.333. The smallest absolute Gasteiger partial charge is 0.0516 e. The molecule has 0 fully saturated rings. The molecule has 20 heavy (non-hydrogen) atoms. The van der Waals surface area contributed by atoms with Crippen LogP contribution in [0.1, 0.15) is 31.9 Å². The highest BCUT2D eigenvalue weighted by Gasteiger charge is 2.12. The molecule has 0 aromatic heterocycles. The van der Waals surface area contributed by atoms with Crippen LogP contribution in [0, 0.1) is 5.92 Å². The topological polar surface area (TPSA) is 12.0 Å². The lowest BCUT2D eigenvalue weighted by Crippen LogP contribution is -2.13. The maximum atomic E-state index is 3.67. The van der Waals surface area contributed by atoms with Crippen LogP contribution in [0.15, 0.2) is 59.5 Å². The van der Waals surface area contributed by atoms with E-state index in [9.17, 15) is 0 Å². The zero-order chi connectivity index (χ0) is 14.4. The maximum absolute atomic E-state index is 3.67. The van der Waals surface area contributed by atoms with Crippen LogP contribution in [0.25, 0.3) is 0 Å². The summed E-state index contributed by atoms with van der Waals surface area (Å²) in [6.45, 7) is 4.54. The van der Waals surface area contributed by atoms with Crippen LogP contribution in [-0.2, 0) is 0 Å². The number of hydrogen-bond donors (Lipinski definition) is 1. The van der Waals surface area contributed by atoms with E-state index in [1.54, 1.807) is 11.8 Å². The molecule has 1 N–H and O–H groups in total. The van der Waals surface area contributed by atoms with Crippen molar-refractivity contribution in [3.05, 3.63) is 60.2 Å². The van der Waals surface area contributed by atoms with Gasteiger partial charge in [-0.2, -0.15) is 0 Å². The van der Waals surface area contributed by atoms with Gasteiger partial charge in [-0.05, 0) is 48.4 Å². The van der Waals surface area contributed by atoms with Crippen LogP contribution < -0.4 is 5.32 Å². The molecule has 0 aliphatic rings. The molecule has 2 aromatic rings. The SMILES string of the molecule is CSc1ccc(NC(CC(C)C)c2ccccc2)cc1. The second-order valence-corrected chi connectivity index (χ2v) is 6.35. The molecule has 0 saturated carbocycles. The summed E-state index contributed by atoms with van der Waals surface area (Å²) in [6.07, 6.45) is 3.24. The van der Waals surface area contributed by atoms with E-state index >= 15 is 0 Å². The molecule has 0 radical (unpaired) electrons. The molecule has 2 rings (SSSR count). The van der Waals surface area contributed by atoms with Crippen molar-refractivity contribution in [1.82, 2.24) is 0 Å². The summed E-state index contributed by atoms with van der Waals surface area (Å²) in [5, 5.41) is 3.67. The zero-order valence-corrected chi connectivity index (χ0v) is 13.3. The average Bonchev–Trinajstić information content (AvgIpc) is 2.48. The summed E-state index contributed by atoms with van der Waals surface area (Å²) < 4.78 is 0. The van der Waals surface area contributed by atoms with Gasteiger partial charge < -0.3 is 5.32 Å². The Kier molecular flexibility index (Phi) is 5.54. The van der Waals surface area contributed by atoms with Gasteiger partial charge in [0.15, 0.2) is 0 Å². The first kappa shape index (κ1) is 15.0. The molecular formula is C18H23NS. The molecule has 0 amide bonds. The second kappa shape index (κ2) is 7.39. The lowest BCUT2D eigenvalue weighted by atomic mass is 9.97. The Morgan fingerprint density at radius 3 is 2.15 bits per heavy atom. The minimum Gasteiger partial charge on any atom is -0.378 e. The summed E-state index contributed by atoms with van der Waals surface area (Å²) in [4.78, 5) is 1.30. The summed E-state index contributed by atoms with van der Waals surface area (Å²) in [7, 11) is 0. The first-order valence-corrected chi connectivity index (χ1v) is 8.37. The quantitative estimate of drug-likeness (QED) is 0.692.